The van der Waals surface area contributed by atoms with Gasteiger partial charge in [0, 0.05) is 21.1 Å². The van der Waals surface area contributed by atoms with E-state index >= 15 is 0 Å². The summed E-state index contributed by atoms with van der Waals surface area (Å²) in [6, 6.07) is 12.9. The Hall–Kier alpha value is -3.24. The molecule has 1 heterocycles. The largest absolute Gasteiger partial charge is 0.483 e. The van der Waals surface area contributed by atoms with Crippen LogP contribution in [0.4, 0.5) is 10.8 Å². The van der Waals surface area contributed by atoms with E-state index in [4.69, 9.17) is 9.47 Å². The van der Waals surface area contributed by atoms with Crippen LogP contribution in [0.15, 0.2) is 57.4 Å². The molecule has 3 rings (SSSR count). The van der Waals surface area contributed by atoms with Gasteiger partial charge in [-0.1, -0.05) is 34.1 Å². The molecule has 10 heteroatoms. The number of anilines is 2. The molecule has 0 aliphatic heterocycles. The van der Waals surface area contributed by atoms with Crippen molar-refractivity contribution >= 4 is 56.2 Å². The van der Waals surface area contributed by atoms with Crippen molar-refractivity contribution in [3.05, 3.63) is 69.1 Å². The number of ether oxygens (including phenoxy) is 2. The van der Waals surface area contributed by atoms with Crippen LogP contribution < -0.4 is 15.5 Å². The molecule has 0 aliphatic rings. The molecule has 0 radical (unpaired) electrons. The first-order chi connectivity index (χ1) is 15.9. The van der Waals surface area contributed by atoms with Gasteiger partial charge in [0.15, 0.2) is 6.61 Å². The van der Waals surface area contributed by atoms with Crippen LogP contribution in [0.3, 0.4) is 0 Å². The highest BCUT2D eigenvalue weighted by Gasteiger charge is 2.10. The molecule has 0 saturated carbocycles. The van der Waals surface area contributed by atoms with E-state index in [1.807, 2.05) is 43.3 Å². The lowest BCUT2D eigenvalue weighted by Gasteiger charge is -2.11. The highest BCUT2D eigenvalue weighted by molar-refractivity contribution is 9.10. The van der Waals surface area contributed by atoms with E-state index in [0.717, 1.165) is 15.7 Å². The molecule has 0 aliphatic carbocycles. The second-order valence-electron chi connectivity index (χ2n) is 6.83. The predicted molar refractivity (Wildman–Crippen MR) is 133 cm³/mol. The van der Waals surface area contributed by atoms with E-state index in [0.29, 0.717) is 28.7 Å². The zero-order valence-corrected chi connectivity index (χ0v) is 20.5. The van der Waals surface area contributed by atoms with Crippen LogP contribution >= 0.6 is 27.3 Å². The van der Waals surface area contributed by atoms with Crippen molar-refractivity contribution in [2.45, 2.75) is 20.3 Å². The SMILES string of the molecule is CCOC(=O)Cc1csc(NN=Cc2cc(Br)ccc2OCC(=O)Nc2ccccc2C)n1. The van der Waals surface area contributed by atoms with Gasteiger partial charge in [0.05, 0.1) is 24.9 Å². The topological polar surface area (TPSA) is 102 Å². The number of carbonyl (C=O) groups excluding carboxylic acids is 2. The van der Waals surface area contributed by atoms with E-state index in [2.05, 4.69) is 36.8 Å². The smallest absolute Gasteiger partial charge is 0.311 e. The first-order valence-electron chi connectivity index (χ1n) is 10.1. The lowest BCUT2D eigenvalue weighted by molar-refractivity contribution is -0.142. The summed E-state index contributed by atoms with van der Waals surface area (Å²) < 4.78 is 11.5. The number of hydrogen-bond acceptors (Lipinski definition) is 8. The van der Waals surface area contributed by atoms with Crippen molar-refractivity contribution in [2.75, 3.05) is 24.0 Å². The number of hydrazone groups is 1. The second-order valence-corrected chi connectivity index (χ2v) is 8.60. The van der Waals surface area contributed by atoms with Crippen LogP contribution in [0.1, 0.15) is 23.7 Å². The van der Waals surface area contributed by atoms with E-state index in [1.165, 1.54) is 11.3 Å². The maximum atomic E-state index is 12.3. The molecule has 33 heavy (non-hydrogen) atoms. The van der Waals surface area contributed by atoms with Crippen LogP contribution in [0, 0.1) is 6.92 Å². The summed E-state index contributed by atoms with van der Waals surface area (Å²) in [6.07, 6.45) is 1.69. The third-order valence-electron chi connectivity index (χ3n) is 4.30. The molecule has 0 fully saturated rings. The highest BCUT2D eigenvalue weighted by Crippen LogP contribution is 2.23. The van der Waals surface area contributed by atoms with Gasteiger partial charge in [-0.2, -0.15) is 5.10 Å². The van der Waals surface area contributed by atoms with Gasteiger partial charge >= 0.3 is 5.97 Å². The molecular weight excluding hydrogens is 508 g/mol. The number of nitrogens with zero attached hydrogens (tertiary/aromatic N) is 2. The Kier molecular flexibility index (Phi) is 8.96. The fraction of sp³-hybridized carbons (Fsp3) is 0.217. The van der Waals surface area contributed by atoms with Gasteiger partial charge in [0.1, 0.15) is 5.75 Å². The Labute approximate surface area is 204 Å². The van der Waals surface area contributed by atoms with Crippen molar-refractivity contribution in [3.63, 3.8) is 0 Å². The minimum absolute atomic E-state index is 0.115. The molecule has 8 nitrogen and oxygen atoms in total. The number of halogens is 1. The molecule has 3 aromatic rings. The minimum Gasteiger partial charge on any atom is -0.483 e. The molecule has 0 saturated heterocycles. The lowest BCUT2D eigenvalue weighted by atomic mass is 10.2. The van der Waals surface area contributed by atoms with Gasteiger partial charge in [0.25, 0.3) is 5.91 Å². The summed E-state index contributed by atoms with van der Waals surface area (Å²) >= 11 is 4.76. The zero-order valence-electron chi connectivity index (χ0n) is 18.1. The number of carbonyl (C=O) groups is 2. The Bertz CT molecular complexity index is 1150. The molecule has 0 unspecified atom stereocenters. The Morgan fingerprint density at radius 1 is 1.24 bits per heavy atom. The molecule has 0 bridgehead atoms. The van der Waals surface area contributed by atoms with Gasteiger partial charge in [-0.3, -0.25) is 15.0 Å². The number of esters is 1. The first kappa shape index (κ1) is 24.4. The number of thiazole rings is 1. The van der Waals surface area contributed by atoms with Crippen molar-refractivity contribution in [1.82, 2.24) is 4.98 Å². The van der Waals surface area contributed by atoms with Gasteiger partial charge < -0.3 is 14.8 Å². The quantitative estimate of drug-likeness (QED) is 0.222. The number of para-hydroxylation sites is 1. The van der Waals surface area contributed by atoms with Crippen LogP contribution in [-0.4, -0.2) is 36.3 Å². The monoisotopic (exact) mass is 530 g/mol. The highest BCUT2D eigenvalue weighted by atomic mass is 79.9. The van der Waals surface area contributed by atoms with Crippen molar-refractivity contribution < 1.29 is 19.1 Å². The maximum absolute atomic E-state index is 12.3. The number of aromatic nitrogens is 1. The number of amides is 1. The number of rotatable bonds is 10. The summed E-state index contributed by atoms with van der Waals surface area (Å²) in [5, 5.41) is 9.36. The van der Waals surface area contributed by atoms with Crippen molar-refractivity contribution in [1.29, 1.82) is 0 Å². The average Bonchev–Trinajstić information content (AvgIpc) is 3.22. The Morgan fingerprint density at radius 2 is 2.06 bits per heavy atom. The van der Waals surface area contributed by atoms with E-state index in [1.54, 1.807) is 24.6 Å². The van der Waals surface area contributed by atoms with Crippen LogP contribution in [0.2, 0.25) is 0 Å². The van der Waals surface area contributed by atoms with Crippen LogP contribution in [-0.2, 0) is 20.7 Å². The second kappa shape index (κ2) is 12.1. The zero-order chi connectivity index (χ0) is 23.6. The number of benzene rings is 2. The fourth-order valence-electron chi connectivity index (χ4n) is 2.75. The summed E-state index contributed by atoms with van der Waals surface area (Å²) in [6.45, 7) is 3.88. The Morgan fingerprint density at radius 3 is 2.85 bits per heavy atom. The average molecular weight is 531 g/mol. The summed E-state index contributed by atoms with van der Waals surface area (Å²) in [7, 11) is 0. The third kappa shape index (κ3) is 7.69. The molecule has 1 amide bonds. The third-order valence-corrected chi connectivity index (χ3v) is 5.59. The number of hydrogen-bond donors (Lipinski definition) is 2. The molecular formula is C23H23BrN4O4S. The minimum atomic E-state index is -0.319. The normalized spacial score (nSPS) is 10.8. The summed E-state index contributed by atoms with van der Waals surface area (Å²) in [5.74, 6) is -0.0730. The molecule has 2 aromatic carbocycles. The first-order valence-corrected chi connectivity index (χ1v) is 11.8. The maximum Gasteiger partial charge on any atom is 0.311 e. The lowest BCUT2D eigenvalue weighted by Crippen LogP contribution is -2.21. The van der Waals surface area contributed by atoms with Crippen molar-refractivity contribution in [2.24, 2.45) is 5.10 Å². The van der Waals surface area contributed by atoms with E-state index in [-0.39, 0.29) is 24.9 Å². The Balaban J connectivity index is 1.59. The molecule has 0 atom stereocenters. The van der Waals surface area contributed by atoms with Crippen LogP contribution in [0.25, 0.3) is 0 Å². The number of nitrogens with one attached hydrogen (secondary N) is 2. The molecule has 0 spiro atoms. The van der Waals surface area contributed by atoms with Gasteiger partial charge in [-0.05, 0) is 43.7 Å². The molecule has 2 N–H and O–H groups in total. The summed E-state index contributed by atoms with van der Waals surface area (Å²) in [5.41, 5.74) is 5.85. The fourth-order valence-corrected chi connectivity index (χ4v) is 3.79. The van der Waals surface area contributed by atoms with E-state index in [9.17, 15) is 9.59 Å². The van der Waals surface area contributed by atoms with E-state index < -0.39 is 0 Å². The number of aryl methyl sites for hydroxylation is 1. The summed E-state index contributed by atoms with van der Waals surface area (Å²) in [4.78, 5) is 28.2. The predicted octanol–water partition coefficient (Wildman–Crippen LogP) is 4.78. The van der Waals surface area contributed by atoms with Crippen molar-refractivity contribution in [3.8, 4) is 5.75 Å². The van der Waals surface area contributed by atoms with Gasteiger partial charge in [0.2, 0.25) is 5.13 Å². The van der Waals surface area contributed by atoms with Gasteiger partial charge in [-0.25, -0.2) is 4.98 Å². The van der Waals surface area contributed by atoms with Crippen LogP contribution in [0.5, 0.6) is 5.75 Å². The van der Waals surface area contributed by atoms with Gasteiger partial charge in [-0.15, -0.1) is 11.3 Å². The molecule has 172 valence electrons. The molecule has 1 aromatic heterocycles. The standard InChI is InChI=1S/C23H23BrN4O4S/c1-3-31-22(30)11-18-14-33-23(26-18)28-25-12-16-10-17(24)8-9-20(16)32-13-21(29)27-19-7-5-4-6-15(19)2/h4-10,12,14H,3,11,13H2,1-2H3,(H,26,28)(H,27,29).